The van der Waals surface area contributed by atoms with Gasteiger partial charge in [0.25, 0.3) is 0 Å². The predicted molar refractivity (Wildman–Crippen MR) is 74.7 cm³/mol. The van der Waals surface area contributed by atoms with Crippen molar-refractivity contribution >= 4 is 27.4 Å². The van der Waals surface area contributed by atoms with Crippen molar-refractivity contribution in [1.82, 2.24) is 4.37 Å². The van der Waals surface area contributed by atoms with Gasteiger partial charge < -0.3 is 5.32 Å². The van der Waals surface area contributed by atoms with Crippen LogP contribution < -0.4 is 5.32 Å². The Hall–Kier alpha value is -1.09. The summed E-state index contributed by atoms with van der Waals surface area (Å²) in [7, 11) is 0. The minimum atomic E-state index is 0.632. The van der Waals surface area contributed by atoms with Crippen LogP contribution in [0.4, 0.5) is 5.00 Å². The van der Waals surface area contributed by atoms with Gasteiger partial charge in [0.1, 0.15) is 5.00 Å². The van der Waals surface area contributed by atoms with Crippen LogP contribution in [0.15, 0.2) is 24.3 Å². The van der Waals surface area contributed by atoms with E-state index in [1.165, 1.54) is 36.1 Å². The highest BCUT2D eigenvalue weighted by Crippen LogP contribution is 2.32. The van der Waals surface area contributed by atoms with Crippen molar-refractivity contribution in [2.24, 2.45) is 5.92 Å². The quantitative estimate of drug-likeness (QED) is 0.855. The zero-order valence-corrected chi connectivity index (χ0v) is 11.0. The Labute approximate surface area is 106 Å². The van der Waals surface area contributed by atoms with Gasteiger partial charge in [-0.25, -0.2) is 0 Å². The Morgan fingerprint density at radius 2 is 2.06 bits per heavy atom. The first-order valence-corrected chi connectivity index (χ1v) is 7.23. The van der Waals surface area contributed by atoms with E-state index in [1.54, 1.807) is 11.5 Å². The molecule has 3 rings (SSSR count). The summed E-state index contributed by atoms with van der Waals surface area (Å²) in [5, 5.41) is 6.23. The van der Waals surface area contributed by atoms with Gasteiger partial charge in [-0.2, -0.15) is 4.37 Å². The van der Waals surface area contributed by atoms with Gasteiger partial charge in [0.2, 0.25) is 0 Å². The Morgan fingerprint density at radius 3 is 2.94 bits per heavy atom. The highest BCUT2D eigenvalue weighted by atomic mass is 32.1. The van der Waals surface area contributed by atoms with Gasteiger partial charge in [-0.15, -0.1) is 0 Å². The summed E-state index contributed by atoms with van der Waals surface area (Å²) in [5.41, 5.74) is 1.11. The third kappa shape index (κ3) is 2.16. The van der Waals surface area contributed by atoms with Crippen LogP contribution in [0.1, 0.15) is 32.6 Å². The van der Waals surface area contributed by atoms with Crippen molar-refractivity contribution in [2.75, 3.05) is 5.32 Å². The average molecular weight is 246 g/mol. The third-order valence-corrected chi connectivity index (χ3v) is 4.62. The van der Waals surface area contributed by atoms with Gasteiger partial charge in [-0.3, -0.25) is 0 Å². The first-order chi connectivity index (χ1) is 8.34. The van der Waals surface area contributed by atoms with Crippen molar-refractivity contribution in [3.05, 3.63) is 24.3 Å². The SMILES string of the molecule is CC1CCCCC1Nc1snc2ccccc12. The normalized spacial score (nSPS) is 25.0. The summed E-state index contributed by atoms with van der Waals surface area (Å²) < 4.78 is 4.49. The number of rotatable bonds is 2. The molecule has 0 aliphatic heterocycles. The molecule has 2 nitrogen and oxygen atoms in total. The largest absolute Gasteiger partial charge is 0.372 e. The number of benzene rings is 1. The highest BCUT2D eigenvalue weighted by molar-refractivity contribution is 7.11. The number of anilines is 1. The van der Waals surface area contributed by atoms with Gasteiger partial charge in [0.05, 0.1) is 5.52 Å². The second kappa shape index (κ2) is 4.65. The smallest absolute Gasteiger partial charge is 0.117 e. The van der Waals surface area contributed by atoms with Crippen molar-refractivity contribution in [1.29, 1.82) is 0 Å². The molecule has 1 N–H and O–H groups in total. The monoisotopic (exact) mass is 246 g/mol. The van der Waals surface area contributed by atoms with Crippen LogP contribution in [0.2, 0.25) is 0 Å². The molecule has 0 spiro atoms. The Balaban J connectivity index is 1.84. The number of hydrogen-bond donors (Lipinski definition) is 1. The molecule has 1 aromatic heterocycles. The van der Waals surface area contributed by atoms with Crippen LogP contribution in [0, 0.1) is 5.92 Å². The van der Waals surface area contributed by atoms with E-state index in [-0.39, 0.29) is 0 Å². The zero-order chi connectivity index (χ0) is 11.7. The van der Waals surface area contributed by atoms with Gasteiger partial charge in [0, 0.05) is 11.4 Å². The Kier molecular flexibility index (Phi) is 3.02. The fourth-order valence-electron chi connectivity index (χ4n) is 2.69. The first kappa shape index (κ1) is 11.0. The lowest BCUT2D eigenvalue weighted by molar-refractivity contribution is 0.350. The lowest BCUT2D eigenvalue weighted by atomic mass is 9.86. The summed E-state index contributed by atoms with van der Waals surface area (Å²) >= 11 is 1.60. The van der Waals surface area contributed by atoms with Crippen molar-refractivity contribution in [3.8, 4) is 0 Å². The fraction of sp³-hybridized carbons (Fsp3) is 0.500. The van der Waals surface area contributed by atoms with Crippen molar-refractivity contribution < 1.29 is 0 Å². The van der Waals surface area contributed by atoms with E-state index in [0.29, 0.717) is 6.04 Å². The number of aromatic nitrogens is 1. The van der Waals surface area contributed by atoms with Gasteiger partial charge in [-0.05, 0) is 42.4 Å². The minimum absolute atomic E-state index is 0.632. The van der Waals surface area contributed by atoms with E-state index in [0.717, 1.165) is 11.4 Å². The Bertz CT molecular complexity index is 506. The molecule has 0 amide bonds. The summed E-state index contributed by atoms with van der Waals surface area (Å²) in [6.45, 7) is 2.36. The molecule has 0 saturated heterocycles. The summed E-state index contributed by atoms with van der Waals surface area (Å²) in [4.78, 5) is 0. The molecule has 1 aliphatic carbocycles. The molecule has 1 saturated carbocycles. The standard InChI is InChI=1S/C14H18N2S/c1-10-6-2-4-8-12(10)15-14-11-7-3-5-9-13(11)16-17-14/h3,5,7,9-10,12,15H,2,4,6,8H2,1H3. The molecule has 1 fully saturated rings. The average Bonchev–Trinajstić information content (AvgIpc) is 2.76. The van der Waals surface area contributed by atoms with Crippen molar-refractivity contribution in [2.45, 2.75) is 38.6 Å². The van der Waals surface area contributed by atoms with E-state index in [1.807, 2.05) is 0 Å². The maximum absolute atomic E-state index is 4.49. The predicted octanol–water partition coefficient (Wildman–Crippen LogP) is 4.29. The molecule has 2 unspecified atom stereocenters. The topological polar surface area (TPSA) is 24.9 Å². The van der Waals surface area contributed by atoms with Gasteiger partial charge in [0.15, 0.2) is 0 Å². The lowest BCUT2D eigenvalue weighted by Crippen LogP contribution is -2.29. The van der Waals surface area contributed by atoms with Crippen LogP contribution in [0.25, 0.3) is 10.9 Å². The number of fused-ring (bicyclic) bond motifs is 1. The second-order valence-electron chi connectivity index (χ2n) is 5.04. The van der Waals surface area contributed by atoms with Gasteiger partial charge in [-0.1, -0.05) is 31.9 Å². The maximum atomic E-state index is 4.49. The van der Waals surface area contributed by atoms with Crippen LogP contribution in [-0.2, 0) is 0 Å². The van der Waals surface area contributed by atoms with Crippen LogP contribution >= 0.6 is 11.5 Å². The summed E-state index contributed by atoms with van der Waals surface area (Å²) in [5.74, 6) is 0.782. The molecule has 1 aromatic carbocycles. The molecule has 3 heteroatoms. The van der Waals surface area contributed by atoms with Gasteiger partial charge >= 0.3 is 0 Å². The molecule has 0 bridgehead atoms. The molecular formula is C14H18N2S. The van der Waals surface area contributed by atoms with E-state index >= 15 is 0 Å². The lowest BCUT2D eigenvalue weighted by Gasteiger charge is -2.29. The van der Waals surface area contributed by atoms with E-state index in [4.69, 9.17) is 0 Å². The molecule has 90 valence electrons. The second-order valence-corrected chi connectivity index (χ2v) is 5.81. The highest BCUT2D eigenvalue weighted by Gasteiger charge is 2.22. The molecule has 1 aliphatic rings. The minimum Gasteiger partial charge on any atom is -0.372 e. The Morgan fingerprint density at radius 1 is 1.24 bits per heavy atom. The molecule has 2 aromatic rings. The van der Waals surface area contributed by atoms with E-state index in [2.05, 4.69) is 40.9 Å². The zero-order valence-electron chi connectivity index (χ0n) is 10.1. The molecular weight excluding hydrogens is 228 g/mol. The number of nitrogens with zero attached hydrogens (tertiary/aromatic N) is 1. The third-order valence-electron chi connectivity index (χ3n) is 3.81. The summed E-state index contributed by atoms with van der Waals surface area (Å²) in [6, 6.07) is 9.02. The molecule has 0 radical (unpaired) electrons. The van der Waals surface area contributed by atoms with Crippen LogP contribution in [0.3, 0.4) is 0 Å². The van der Waals surface area contributed by atoms with Crippen molar-refractivity contribution in [3.63, 3.8) is 0 Å². The van der Waals surface area contributed by atoms with E-state index in [9.17, 15) is 0 Å². The molecule has 1 heterocycles. The number of nitrogens with one attached hydrogen (secondary N) is 1. The number of hydrogen-bond acceptors (Lipinski definition) is 3. The fourth-order valence-corrected chi connectivity index (χ4v) is 3.52. The van der Waals surface area contributed by atoms with Crippen LogP contribution in [0.5, 0.6) is 0 Å². The maximum Gasteiger partial charge on any atom is 0.117 e. The first-order valence-electron chi connectivity index (χ1n) is 6.45. The molecule has 2 atom stereocenters. The molecule has 17 heavy (non-hydrogen) atoms. The van der Waals surface area contributed by atoms with E-state index < -0.39 is 0 Å². The van der Waals surface area contributed by atoms with Crippen LogP contribution in [-0.4, -0.2) is 10.4 Å². The summed E-state index contributed by atoms with van der Waals surface area (Å²) in [6.07, 6.45) is 5.41.